The standard InChI is InChI=1S/C20H25N3O2/c1-20(2,3)25-19(24)23-13-7-10-17(23)15-11-12-18(21-14-15)22-16-8-5-4-6-9-16/h4-6,8-9,11-12,14,17H,7,10,13H2,1-3H3,(H,21,22). The molecule has 5 nitrogen and oxygen atoms in total. The first-order valence-corrected chi connectivity index (χ1v) is 8.70. The van der Waals surface area contributed by atoms with Crippen LogP contribution in [0.5, 0.6) is 0 Å². The summed E-state index contributed by atoms with van der Waals surface area (Å²) < 4.78 is 5.53. The Balaban J connectivity index is 1.69. The van der Waals surface area contributed by atoms with Crippen LogP contribution < -0.4 is 5.32 Å². The van der Waals surface area contributed by atoms with Gasteiger partial charge in [0.2, 0.25) is 0 Å². The average Bonchev–Trinajstić information content (AvgIpc) is 3.05. The van der Waals surface area contributed by atoms with Crippen LogP contribution in [0.25, 0.3) is 0 Å². The van der Waals surface area contributed by atoms with Gasteiger partial charge in [0.1, 0.15) is 11.4 Å². The van der Waals surface area contributed by atoms with Crippen LogP contribution in [0.15, 0.2) is 48.7 Å². The number of amides is 1. The van der Waals surface area contributed by atoms with Crippen LogP contribution >= 0.6 is 0 Å². The van der Waals surface area contributed by atoms with Gasteiger partial charge in [0.25, 0.3) is 0 Å². The van der Waals surface area contributed by atoms with Gasteiger partial charge in [-0.3, -0.25) is 0 Å². The van der Waals surface area contributed by atoms with Crippen LogP contribution in [-0.2, 0) is 4.74 Å². The number of pyridine rings is 1. The molecule has 1 saturated heterocycles. The molecule has 0 radical (unpaired) electrons. The van der Waals surface area contributed by atoms with Crippen molar-refractivity contribution >= 4 is 17.6 Å². The van der Waals surface area contributed by atoms with Crippen LogP contribution in [0.3, 0.4) is 0 Å². The molecule has 25 heavy (non-hydrogen) atoms. The number of aromatic nitrogens is 1. The molecule has 1 unspecified atom stereocenters. The fourth-order valence-electron chi connectivity index (χ4n) is 3.00. The molecule has 5 heteroatoms. The van der Waals surface area contributed by atoms with Crippen molar-refractivity contribution in [2.45, 2.75) is 45.3 Å². The molecule has 2 aromatic rings. The minimum Gasteiger partial charge on any atom is -0.444 e. The maximum atomic E-state index is 12.4. The highest BCUT2D eigenvalue weighted by Crippen LogP contribution is 2.33. The van der Waals surface area contributed by atoms with Gasteiger partial charge in [0.05, 0.1) is 6.04 Å². The minimum absolute atomic E-state index is 0.0353. The molecule has 1 aromatic heterocycles. The van der Waals surface area contributed by atoms with E-state index in [4.69, 9.17) is 4.74 Å². The molecule has 0 saturated carbocycles. The summed E-state index contributed by atoms with van der Waals surface area (Å²) in [5.74, 6) is 0.789. The third kappa shape index (κ3) is 4.50. The number of carbonyl (C=O) groups excluding carboxylic acids is 1. The Morgan fingerprint density at radius 2 is 1.96 bits per heavy atom. The summed E-state index contributed by atoms with van der Waals surface area (Å²) >= 11 is 0. The SMILES string of the molecule is CC(C)(C)OC(=O)N1CCCC1c1ccc(Nc2ccccc2)nc1. The smallest absolute Gasteiger partial charge is 0.410 e. The quantitative estimate of drug-likeness (QED) is 0.864. The maximum Gasteiger partial charge on any atom is 0.410 e. The lowest BCUT2D eigenvalue weighted by atomic mass is 10.1. The maximum absolute atomic E-state index is 12.4. The van der Waals surface area contributed by atoms with Crippen molar-refractivity contribution in [3.8, 4) is 0 Å². The number of rotatable bonds is 3. The second-order valence-electron chi connectivity index (χ2n) is 7.30. The highest BCUT2D eigenvalue weighted by atomic mass is 16.6. The van der Waals surface area contributed by atoms with Gasteiger partial charge in [0.15, 0.2) is 0 Å². The second kappa shape index (κ2) is 7.13. The predicted molar refractivity (Wildman–Crippen MR) is 98.9 cm³/mol. The van der Waals surface area contributed by atoms with Gasteiger partial charge in [-0.15, -0.1) is 0 Å². The molecule has 1 amide bonds. The van der Waals surface area contributed by atoms with Crippen molar-refractivity contribution in [3.63, 3.8) is 0 Å². The van der Waals surface area contributed by atoms with Gasteiger partial charge in [-0.1, -0.05) is 24.3 Å². The van der Waals surface area contributed by atoms with E-state index in [0.29, 0.717) is 0 Å². The van der Waals surface area contributed by atoms with Crippen molar-refractivity contribution < 1.29 is 9.53 Å². The Morgan fingerprint density at radius 3 is 2.60 bits per heavy atom. The summed E-state index contributed by atoms with van der Waals surface area (Å²) in [4.78, 5) is 18.7. The number of benzene rings is 1. The molecular formula is C20H25N3O2. The third-order valence-electron chi connectivity index (χ3n) is 4.10. The van der Waals surface area contributed by atoms with Crippen LogP contribution in [0.2, 0.25) is 0 Å². The fraction of sp³-hybridized carbons (Fsp3) is 0.400. The lowest BCUT2D eigenvalue weighted by Crippen LogP contribution is -2.36. The van der Waals surface area contributed by atoms with Crippen LogP contribution in [-0.4, -0.2) is 28.1 Å². The molecule has 2 heterocycles. The normalized spacial score (nSPS) is 17.4. The number of ether oxygens (including phenoxy) is 1. The number of para-hydroxylation sites is 1. The lowest BCUT2D eigenvalue weighted by molar-refractivity contribution is 0.0224. The number of likely N-dealkylation sites (tertiary alicyclic amines) is 1. The van der Waals surface area contributed by atoms with E-state index in [9.17, 15) is 4.79 Å². The van der Waals surface area contributed by atoms with Gasteiger partial charge in [-0.05, 0) is 57.4 Å². The van der Waals surface area contributed by atoms with Crippen molar-refractivity contribution in [2.24, 2.45) is 0 Å². The number of hydrogen-bond donors (Lipinski definition) is 1. The van der Waals surface area contributed by atoms with Gasteiger partial charge >= 0.3 is 6.09 Å². The molecule has 1 aromatic carbocycles. The summed E-state index contributed by atoms with van der Waals surface area (Å²) in [7, 11) is 0. The third-order valence-corrected chi connectivity index (χ3v) is 4.10. The van der Waals surface area contributed by atoms with Crippen molar-refractivity contribution in [1.82, 2.24) is 9.88 Å². The van der Waals surface area contributed by atoms with E-state index in [-0.39, 0.29) is 12.1 Å². The van der Waals surface area contributed by atoms with Gasteiger partial charge in [-0.25, -0.2) is 9.78 Å². The zero-order chi connectivity index (χ0) is 17.9. The molecule has 132 valence electrons. The fourth-order valence-corrected chi connectivity index (χ4v) is 3.00. The summed E-state index contributed by atoms with van der Waals surface area (Å²) in [6.07, 6.45) is 3.51. The molecule has 0 aliphatic carbocycles. The molecule has 1 fully saturated rings. The van der Waals surface area contributed by atoms with Gasteiger partial charge in [0, 0.05) is 18.4 Å². The van der Waals surface area contributed by atoms with Gasteiger partial charge < -0.3 is 15.0 Å². The molecule has 3 rings (SSSR count). The van der Waals surface area contributed by atoms with E-state index in [2.05, 4.69) is 10.3 Å². The number of anilines is 2. The highest BCUT2D eigenvalue weighted by Gasteiger charge is 2.33. The first kappa shape index (κ1) is 17.3. The van der Waals surface area contributed by atoms with E-state index in [0.717, 1.165) is 36.5 Å². The zero-order valence-electron chi connectivity index (χ0n) is 15.0. The molecule has 1 aliphatic heterocycles. The Bertz CT molecular complexity index is 708. The number of carbonyl (C=O) groups is 1. The Kier molecular flexibility index (Phi) is 4.93. The Hall–Kier alpha value is -2.56. The number of hydrogen-bond acceptors (Lipinski definition) is 4. The van der Waals surface area contributed by atoms with Crippen molar-refractivity contribution in [2.75, 3.05) is 11.9 Å². The Morgan fingerprint density at radius 1 is 1.20 bits per heavy atom. The van der Waals surface area contributed by atoms with E-state index >= 15 is 0 Å². The summed E-state index contributed by atoms with van der Waals surface area (Å²) in [5, 5.41) is 3.27. The average molecular weight is 339 g/mol. The van der Waals surface area contributed by atoms with Gasteiger partial charge in [-0.2, -0.15) is 0 Å². The molecular weight excluding hydrogens is 314 g/mol. The summed E-state index contributed by atoms with van der Waals surface area (Å²) in [5.41, 5.74) is 1.56. The largest absolute Gasteiger partial charge is 0.444 e. The first-order chi connectivity index (χ1) is 11.9. The van der Waals surface area contributed by atoms with Crippen LogP contribution in [0.1, 0.15) is 45.2 Å². The van der Waals surface area contributed by atoms with Crippen molar-refractivity contribution in [1.29, 1.82) is 0 Å². The second-order valence-corrected chi connectivity index (χ2v) is 7.30. The number of nitrogens with one attached hydrogen (secondary N) is 1. The Labute approximate surface area is 149 Å². The summed E-state index contributed by atoms with van der Waals surface area (Å²) in [6, 6.07) is 14.0. The van der Waals surface area contributed by atoms with E-state index < -0.39 is 5.60 Å². The predicted octanol–water partition coefficient (Wildman–Crippen LogP) is 4.90. The highest BCUT2D eigenvalue weighted by molar-refractivity contribution is 5.69. The van der Waals surface area contributed by atoms with Crippen LogP contribution in [0.4, 0.5) is 16.3 Å². The zero-order valence-corrected chi connectivity index (χ0v) is 15.0. The van der Waals surface area contributed by atoms with Crippen LogP contribution in [0, 0.1) is 0 Å². The topological polar surface area (TPSA) is 54.5 Å². The molecule has 0 bridgehead atoms. The molecule has 1 N–H and O–H groups in total. The van der Waals surface area contributed by atoms with E-state index in [1.807, 2.05) is 74.3 Å². The van der Waals surface area contributed by atoms with E-state index in [1.54, 1.807) is 0 Å². The lowest BCUT2D eigenvalue weighted by Gasteiger charge is -2.28. The molecule has 0 spiro atoms. The summed E-state index contributed by atoms with van der Waals surface area (Å²) in [6.45, 7) is 6.40. The monoisotopic (exact) mass is 339 g/mol. The van der Waals surface area contributed by atoms with Crippen molar-refractivity contribution in [3.05, 3.63) is 54.2 Å². The number of nitrogens with zero attached hydrogens (tertiary/aromatic N) is 2. The first-order valence-electron chi connectivity index (χ1n) is 8.70. The molecule has 1 atom stereocenters. The molecule has 1 aliphatic rings. The minimum atomic E-state index is -0.480. The van der Waals surface area contributed by atoms with E-state index in [1.165, 1.54) is 0 Å².